The van der Waals surface area contributed by atoms with Gasteiger partial charge in [0.1, 0.15) is 0 Å². The SMILES string of the molecule is CC.CC.CC(C)(CC(=O)O)C(=O)O.CCC1CCC2(C)C1CCC1(C)C2CCC2C3=C(C(C)C)C(=O)CC3(/C(=C/C(C)=O)N(C)C)CC[C@]21C.CCCC. The van der Waals surface area contributed by atoms with Gasteiger partial charge < -0.3 is 15.1 Å². The van der Waals surface area contributed by atoms with Crippen LogP contribution in [0.5, 0.6) is 0 Å². The molecule has 5 rings (SSSR count). The van der Waals surface area contributed by atoms with Crippen LogP contribution in [0.4, 0.5) is 0 Å². The molecule has 0 aromatic rings. The lowest BCUT2D eigenvalue weighted by molar-refractivity contribution is -0.180. The van der Waals surface area contributed by atoms with E-state index in [0.29, 0.717) is 29.0 Å². The van der Waals surface area contributed by atoms with Crippen molar-refractivity contribution >= 4 is 23.5 Å². The van der Waals surface area contributed by atoms with Crippen molar-refractivity contribution in [2.24, 2.45) is 56.7 Å². The van der Waals surface area contributed by atoms with Crippen molar-refractivity contribution in [2.45, 2.75) is 187 Å². The summed E-state index contributed by atoms with van der Waals surface area (Å²) in [6.45, 7) is 31.6. The van der Waals surface area contributed by atoms with Crippen molar-refractivity contribution in [1.29, 1.82) is 0 Å². The zero-order chi connectivity index (χ0) is 42.9. The van der Waals surface area contributed by atoms with Gasteiger partial charge in [-0.2, -0.15) is 0 Å². The van der Waals surface area contributed by atoms with Crippen molar-refractivity contribution in [3.8, 4) is 0 Å². The second-order valence-electron chi connectivity index (χ2n) is 18.8. The fourth-order valence-corrected chi connectivity index (χ4v) is 12.0. The van der Waals surface area contributed by atoms with Crippen LogP contribution >= 0.6 is 0 Å². The average molecular weight is 772 g/mol. The number of carbonyl (C=O) groups excluding carboxylic acids is 2. The van der Waals surface area contributed by atoms with Crippen LogP contribution in [-0.4, -0.2) is 52.7 Å². The van der Waals surface area contributed by atoms with Crippen molar-refractivity contribution < 1.29 is 29.4 Å². The Bertz CT molecular complexity index is 1390. The molecule has 7 heteroatoms. The van der Waals surface area contributed by atoms with Gasteiger partial charge in [0, 0.05) is 37.7 Å². The first-order valence-electron chi connectivity index (χ1n) is 22.2. The quantitative estimate of drug-likeness (QED) is 0.224. The minimum atomic E-state index is -1.16. The Morgan fingerprint density at radius 2 is 1.42 bits per heavy atom. The summed E-state index contributed by atoms with van der Waals surface area (Å²) in [7, 11) is 4.13. The van der Waals surface area contributed by atoms with E-state index in [0.717, 1.165) is 41.9 Å². The predicted molar refractivity (Wildman–Crippen MR) is 229 cm³/mol. The van der Waals surface area contributed by atoms with Crippen LogP contribution in [0.1, 0.15) is 187 Å². The van der Waals surface area contributed by atoms with Crippen LogP contribution in [0.2, 0.25) is 0 Å². The fourth-order valence-electron chi connectivity index (χ4n) is 12.0. The number of unbranched alkanes of at least 4 members (excludes halogenated alkanes) is 1. The summed E-state index contributed by atoms with van der Waals surface area (Å²) in [5.74, 6) is 1.51. The number of fused-ring (bicyclic) bond motifs is 7. The van der Waals surface area contributed by atoms with Gasteiger partial charge in [0.15, 0.2) is 11.6 Å². The Kier molecular flexibility index (Phi) is 18.7. The van der Waals surface area contributed by atoms with Crippen molar-refractivity contribution in [3.05, 3.63) is 22.9 Å². The summed E-state index contributed by atoms with van der Waals surface area (Å²) in [6, 6.07) is 0. The van der Waals surface area contributed by atoms with E-state index >= 15 is 0 Å². The average Bonchev–Trinajstić information content (AvgIpc) is 3.62. The van der Waals surface area contributed by atoms with E-state index in [2.05, 4.69) is 74.4 Å². The lowest BCUT2D eigenvalue weighted by atomic mass is 9.35. The number of nitrogens with zero attached hydrogens (tertiary/aromatic N) is 1. The van der Waals surface area contributed by atoms with E-state index < -0.39 is 17.4 Å². The molecule has 5 aliphatic rings. The maximum Gasteiger partial charge on any atom is 0.309 e. The molecule has 0 bridgehead atoms. The van der Waals surface area contributed by atoms with Gasteiger partial charge in [0.25, 0.3) is 0 Å². The summed E-state index contributed by atoms with van der Waals surface area (Å²) < 4.78 is 0. The normalized spacial score (nSPS) is 33.3. The Morgan fingerprint density at radius 1 is 0.855 bits per heavy atom. The number of carboxylic acids is 2. The highest BCUT2D eigenvalue weighted by Gasteiger charge is 2.69. The third kappa shape index (κ3) is 9.82. The standard InChI is InChI=1S/C34H53NO2.C6H10O4.C4H10.2C2H6/c1-10-23-13-15-31(5)24(23)14-16-33(7)27(31)12-11-25-30-29(21(2)3)26(37)20-34(30,18-17-32(25,33)6)28(35(8)9)19-22(4)36;1-6(2,5(9)10)3-4(7)8;1-3-4-2;2*1-2/h19,21,23-25,27H,10-18,20H2,1-9H3;3H2,1-2H3,(H,7,8)(H,9,10);3-4H2,1-2H3;2*1-2H3/b28-19-;;;;/t23?,24?,25?,27?,31?,32-,33?,34?;;;;/m1..../s1. The zero-order valence-corrected chi connectivity index (χ0v) is 38.6. The molecule has 8 atom stereocenters. The van der Waals surface area contributed by atoms with Gasteiger partial charge in [-0.1, -0.05) is 102 Å². The molecule has 5 aliphatic carbocycles. The van der Waals surface area contributed by atoms with E-state index in [1.807, 2.05) is 33.8 Å². The molecule has 0 aromatic carbocycles. The van der Waals surface area contributed by atoms with Gasteiger partial charge in [-0.05, 0) is 129 Å². The van der Waals surface area contributed by atoms with Gasteiger partial charge in [-0.15, -0.1) is 0 Å². The van der Waals surface area contributed by atoms with Crippen molar-refractivity contribution in [3.63, 3.8) is 0 Å². The van der Waals surface area contributed by atoms with Gasteiger partial charge in [0.05, 0.1) is 11.8 Å². The lowest BCUT2D eigenvalue weighted by Gasteiger charge is -2.69. The van der Waals surface area contributed by atoms with Crippen LogP contribution in [0.3, 0.4) is 0 Å². The van der Waals surface area contributed by atoms with E-state index in [-0.39, 0.29) is 29.0 Å². The van der Waals surface area contributed by atoms with Crippen LogP contribution in [-0.2, 0) is 19.2 Å². The topological polar surface area (TPSA) is 112 Å². The number of carboxylic acid groups (broad SMARTS) is 2. The molecule has 0 heterocycles. The molecular weight excluding hydrogens is 687 g/mol. The largest absolute Gasteiger partial charge is 0.481 e. The molecule has 4 saturated carbocycles. The van der Waals surface area contributed by atoms with Crippen molar-refractivity contribution in [1.82, 2.24) is 4.90 Å². The summed E-state index contributed by atoms with van der Waals surface area (Å²) in [5.41, 5.74) is 3.15. The van der Waals surface area contributed by atoms with Crippen LogP contribution in [0.25, 0.3) is 0 Å². The molecule has 0 aromatic heterocycles. The maximum absolute atomic E-state index is 13.8. The van der Waals surface area contributed by atoms with Gasteiger partial charge in [-0.3, -0.25) is 19.2 Å². The number of aliphatic carboxylic acids is 2. The number of carbonyl (C=O) groups is 4. The molecule has 0 amide bonds. The van der Waals surface area contributed by atoms with E-state index in [4.69, 9.17) is 10.2 Å². The molecule has 4 fully saturated rings. The van der Waals surface area contributed by atoms with Crippen LogP contribution in [0.15, 0.2) is 22.9 Å². The summed E-state index contributed by atoms with van der Waals surface area (Å²) in [5, 5.41) is 16.7. The summed E-state index contributed by atoms with van der Waals surface area (Å²) in [6.07, 6.45) is 16.3. The smallest absolute Gasteiger partial charge is 0.309 e. The monoisotopic (exact) mass is 772 g/mol. The third-order valence-corrected chi connectivity index (χ3v) is 14.9. The first-order valence-corrected chi connectivity index (χ1v) is 22.2. The minimum absolute atomic E-state index is 0.0878. The molecule has 0 spiro atoms. The number of ketones is 2. The number of hydrogen-bond acceptors (Lipinski definition) is 5. The van der Waals surface area contributed by atoms with Gasteiger partial charge in [-0.25, -0.2) is 0 Å². The number of hydrogen-bond donors (Lipinski definition) is 2. The molecular formula is C48H85NO6. The van der Waals surface area contributed by atoms with E-state index in [1.54, 1.807) is 6.92 Å². The second-order valence-corrected chi connectivity index (χ2v) is 18.8. The highest BCUT2D eigenvalue weighted by Crippen LogP contribution is 2.77. The zero-order valence-electron chi connectivity index (χ0n) is 38.6. The Hall–Kier alpha value is -2.44. The molecule has 318 valence electrons. The van der Waals surface area contributed by atoms with Gasteiger partial charge in [0.2, 0.25) is 0 Å². The highest BCUT2D eigenvalue weighted by molar-refractivity contribution is 6.01. The van der Waals surface area contributed by atoms with Crippen LogP contribution < -0.4 is 0 Å². The fraction of sp³-hybridized carbons (Fsp3) is 0.833. The highest BCUT2D eigenvalue weighted by atomic mass is 16.4. The Labute approximate surface area is 338 Å². The van der Waals surface area contributed by atoms with E-state index in [1.165, 1.54) is 77.2 Å². The molecule has 7 unspecified atom stereocenters. The number of Topliss-reactive ketones (excluding diaryl/α,β-unsaturated/α-hetero) is 1. The minimum Gasteiger partial charge on any atom is -0.481 e. The van der Waals surface area contributed by atoms with Crippen LogP contribution in [0, 0.1) is 56.7 Å². The molecule has 0 radical (unpaired) electrons. The molecule has 0 saturated heterocycles. The first kappa shape index (κ1) is 50.6. The van der Waals surface area contributed by atoms with E-state index in [9.17, 15) is 19.2 Å². The summed E-state index contributed by atoms with van der Waals surface area (Å²) >= 11 is 0. The predicted octanol–water partition coefficient (Wildman–Crippen LogP) is 12.4. The van der Waals surface area contributed by atoms with Crippen molar-refractivity contribution in [2.75, 3.05) is 14.1 Å². The Morgan fingerprint density at radius 3 is 1.84 bits per heavy atom. The number of rotatable bonds is 9. The molecule has 7 nitrogen and oxygen atoms in total. The molecule has 0 aliphatic heterocycles. The second kappa shape index (κ2) is 20.3. The maximum atomic E-state index is 13.8. The lowest BCUT2D eigenvalue weighted by Crippen LogP contribution is -2.62. The Balaban J connectivity index is 0.000000708. The molecule has 2 N–H and O–H groups in total. The number of allylic oxidation sites excluding steroid dienone is 3. The first-order chi connectivity index (χ1) is 25.5. The molecule has 55 heavy (non-hydrogen) atoms. The van der Waals surface area contributed by atoms with Gasteiger partial charge >= 0.3 is 11.9 Å². The summed E-state index contributed by atoms with van der Waals surface area (Å²) in [4.78, 5) is 48.8. The third-order valence-electron chi connectivity index (χ3n) is 14.9.